The molecule has 5 nitrogen and oxygen atoms in total. The van der Waals surface area contributed by atoms with Gasteiger partial charge in [-0.05, 0) is 55.8 Å². The summed E-state index contributed by atoms with van der Waals surface area (Å²) < 4.78 is 19.1. The first-order valence-electron chi connectivity index (χ1n) is 10.5. The Bertz CT molecular complexity index is 1670. The van der Waals surface area contributed by atoms with Gasteiger partial charge in [0.15, 0.2) is 0 Å². The van der Waals surface area contributed by atoms with Crippen LogP contribution in [0.4, 0.5) is 4.39 Å². The number of halogens is 2. The van der Waals surface area contributed by atoms with E-state index in [1.165, 1.54) is 16.7 Å². The Balaban J connectivity index is 1.98. The second-order valence-electron chi connectivity index (χ2n) is 8.33. The number of benzene rings is 3. The third-order valence-corrected chi connectivity index (χ3v) is 6.42. The zero-order valence-corrected chi connectivity index (χ0v) is 19.2. The lowest BCUT2D eigenvalue weighted by Crippen LogP contribution is -2.39. The summed E-state index contributed by atoms with van der Waals surface area (Å²) in [4.78, 5) is 27.5. The third kappa shape index (κ3) is 3.29. The Kier molecular flexibility index (Phi) is 4.98. The van der Waals surface area contributed by atoms with E-state index in [2.05, 4.69) is 0 Å². The van der Waals surface area contributed by atoms with Crippen LogP contribution < -0.4 is 11.2 Å². The maximum atomic E-state index is 14.7. The normalized spacial score (nSPS) is 11.5. The Morgan fingerprint density at radius 1 is 0.909 bits per heavy atom. The Labute approximate surface area is 193 Å². The van der Waals surface area contributed by atoms with E-state index < -0.39 is 17.1 Å². The lowest BCUT2D eigenvalue weighted by molar-refractivity contribution is 0.594. The molecule has 5 aromatic rings. The lowest BCUT2D eigenvalue weighted by atomic mass is 10.1. The molecule has 3 aromatic carbocycles. The fraction of sp³-hybridized carbons (Fsp3) is 0.154. The van der Waals surface area contributed by atoms with E-state index in [0.717, 1.165) is 26.6 Å². The summed E-state index contributed by atoms with van der Waals surface area (Å²) >= 11 is 6.31. The first-order valence-corrected chi connectivity index (χ1v) is 10.9. The molecule has 0 saturated carbocycles. The van der Waals surface area contributed by atoms with Crippen molar-refractivity contribution in [2.75, 3.05) is 0 Å². The number of nitrogens with zero attached hydrogens (tertiary/aromatic N) is 3. The molecule has 166 valence electrons. The summed E-state index contributed by atoms with van der Waals surface area (Å²) in [5.74, 6) is -0.507. The lowest BCUT2D eigenvalue weighted by Gasteiger charge is -2.15. The first kappa shape index (κ1) is 21.2. The predicted molar refractivity (Wildman–Crippen MR) is 130 cm³/mol. The largest absolute Gasteiger partial charge is 0.338 e. The highest BCUT2D eigenvalue weighted by Crippen LogP contribution is 2.28. The van der Waals surface area contributed by atoms with Crippen LogP contribution in [0, 0.1) is 19.7 Å². The summed E-state index contributed by atoms with van der Waals surface area (Å²) in [7, 11) is 1.80. The molecule has 0 radical (unpaired) electrons. The van der Waals surface area contributed by atoms with Crippen LogP contribution in [0.25, 0.3) is 27.6 Å². The maximum Gasteiger partial charge on any atom is 0.336 e. The van der Waals surface area contributed by atoms with Crippen LogP contribution in [0.2, 0.25) is 5.02 Å². The zero-order valence-electron chi connectivity index (χ0n) is 18.4. The Hall–Kier alpha value is -3.64. The molecule has 0 amide bonds. The summed E-state index contributed by atoms with van der Waals surface area (Å²) in [5, 5.41) is 0.977. The number of fused-ring (bicyclic) bond motifs is 3. The van der Waals surface area contributed by atoms with Crippen molar-refractivity contribution in [2.45, 2.75) is 20.4 Å². The topological polar surface area (TPSA) is 48.9 Å². The van der Waals surface area contributed by atoms with Crippen LogP contribution in [0.5, 0.6) is 0 Å². The van der Waals surface area contributed by atoms with Gasteiger partial charge in [0, 0.05) is 23.0 Å². The van der Waals surface area contributed by atoms with Crippen LogP contribution >= 0.6 is 11.6 Å². The van der Waals surface area contributed by atoms with Crippen LogP contribution in [-0.4, -0.2) is 13.7 Å². The van der Waals surface area contributed by atoms with Crippen molar-refractivity contribution in [3.05, 3.63) is 109 Å². The molecule has 0 atom stereocenters. The molecule has 0 aliphatic rings. The molecule has 0 aliphatic heterocycles. The molecule has 0 bridgehead atoms. The second kappa shape index (κ2) is 7.74. The van der Waals surface area contributed by atoms with Gasteiger partial charge in [-0.15, -0.1) is 0 Å². The maximum absolute atomic E-state index is 14.7. The fourth-order valence-corrected chi connectivity index (χ4v) is 4.67. The van der Waals surface area contributed by atoms with Crippen LogP contribution in [0.3, 0.4) is 0 Å². The molecule has 2 aromatic heterocycles. The van der Waals surface area contributed by atoms with E-state index in [1.54, 1.807) is 35.9 Å². The van der Waals surface area contributed by atoms with Crippen LogP contribution in [-0.2, 0) is 13.6 Å². The molecular weight excluding hydrogens is 441 g/mol. The van der Waals surface area contributed by atoms with Crippen molar-refractivity contribution < 1.29 is 4.39 Å². The van der Waals surface area contributed by atoms with Gasteiger partial charge in [0.25, 0.3) is 5.56 Å². The average molecular weight is 462 g/mol. The standard InChI is InChI=1S/C26H21ClFN3O2/c1-15-6-4-7-17(12-15)31-25(32)24-23(18-13-16(2)10-11-22(18)29(24)3)30(26(31)33)14-19-20(27)8-5-9-21(19)28/h4-13H,14H2,1-3H3. The van der Waals surface area contributed by atoms with Gasteiger partial charge in [-0.2, -0.15) is 0 Å². The summed E-state index contributed by atoms with van der Waals surface area (Å²) in [5.41, 5.74) is 3.22. The molecule has 0 saturated heterocycles. The van der Waals surface area contributed by atoms with E-state index >= 15 is 0 Å². The zero-order chi connectivity index (χ0) is 23.4. The molecule has 0 N–H and O–H groups in total. The Morgan fingerprint density at radius 2 is 1.64 bits per heavy atom. The van der Waals surface area contributed by atoms with E-state index in [0.29, 0.717) is 16.7 Å². The molecule has 2 heterocycles. The smallest absolute Gasteiger partial charge is 0.336 e. The van der Waals surface area contributed by atoms with Gasteiger partial charge < -0.3 is 4.57 Å². The van der Waals surface area contributed by atoms with Gasteiger partial charge in [0.2, 0.25) is 0 Å². The van der Waals surface area contributed by atoms with Gasteiger partial charge in [-0.1, -0.05) is 41.4 Å². The van der Waals surface area contributed by atoms with Crippen molar-refractivity contribution in [1.82, 2.24) is 13.7 Å². The first-order chi connectivity index (χ1) is 15.8. The third-order valence-electron chi connectivity index (χ3n) is 6.06. The molecule has 7 heteroatoms. The highest BCUT2D eigenvalue weighted by atomic mass is 35.5. The van der Waals surface area contributed by atoms with Gasteiger partial charge >= 0.3 is 5.69 Å². The van der Waals surface area contributed by atoms with Gasteiger partial charge in [0.05, 0.1) is 23.3 Å². The highest BCUT2D eigenvalue weighted by Gasteiger charge is 2.22. The SMILES string of the molecule is Cc1cccc(-n2c(=O)c3c(c4cc(C)ccc4n3C)n(Cc3c(F)cccc3Cl)c2=O)c1. The van der Waals surface area contributed by atoms with Crippen molar-refractivity contribution in [3.63, 3.8) is 0 Å². The minimum absolute atomic E-state index is 0.111. The minimum atomic E-state index is -0.550. The van der Waals surface area contributed by atoms with E-state index in [9.17, 15) is 14.0 Å². The Morgan fingerprint density at radius 3 is 2.36 bits per heavy atom. The van der Waals surface area contributed by atoms with Crippen LogP contribution in [0.1, 0.15) is 16.7 Å². The fourth-order valence-electron chi connectivity index (χ4n) is 4.45. The quantitative estimate of drug-likeness (QED) is 0.375. The highest BCUT2D eigenvalue weighted by molar-refractivity contribution is 6.31. The van der Waals surface area contributed by atoms with Crippen molar-refractivity contribution in [1.29, 1.82) is 0 Å². The molecule has 0 unspecified atom stereocenters. The molecular formula is C26H21ClFN3O2. The van der Waals surface area contributed by atoms with E-state index in [-0.39, 0.29) is 17.1 Å². The summed E-state index contributed by atoms with van der Waals surface area (Å²) in [6.45, 7) is 3.73. The number of hydrogen-bond donors (Lipinski definition) is 0. The minimum Gasteiger partial charge on any atom is -0.338 e. The number of aromatic nitrogens is 3. The van der Waals surface area contributed by atoms with Gasteiger partial charge in [-0.3, -0.25) is 9.36 Å². The number of aryl methyl sites for hydroxylation is 3. The molecule has 33 heavy (non-hydrogen) atoms. The summed E-state index contributed by atoms with van der Waals surface area (Å²) in [6.07, 6.45) is 0. The van der Waals surface area contributed by atoms with Gasteiger partial charge in [0.1, 0.15) is 11.3 Å². The van der Waals surface area contributed by atoms with Gasteiger partial charge in [-0.25, -0.2) is 13.8 Å². The number of hydrogen-bond acceptors (Lipinski definition) is 2. The second-order valence-corrected chi connectivity index (χ2v) is 8.73. The monoisotopic (exact) mass is 461 g/mol. The summed E-state index contributed by atoms with van der Waals surface area (Å²) in [6, 6.07) is 17.4. The average Bonchev–Trinajstić information content (AvgIpc) is 3.05. The number of rotatable bonds is 3. The van der Waals surface area contributed by atoms with Crippen molar-refractivity contribution >= 4 is 33.5 Å². The van der Waals surface area contributed by atoms with Crippen molar-refractivity contribution in [3.8, 4) is 5.69 Å². The molecule has 0 spiro atoms. The molecule has 0 fully saturated rings. The van der Waals surface area contributed by atoms with Crippen LogP contribution in [0.15, 0.2) is 70.3 Å². The van der Waals surface area contributed by atoms with E-state index in [1.807, 2.05) is 38.1 Å². The van der Waals surface area contributed by atoms with Crippen molar-refractivity contribution in [2.24, 2.45) is 7.05 Å². The molecule has 0 aliphatic carbocycles. The predicted octanol–water partition coefficient (Wildman–Crippen LogP) is 5.10. The molecule has 5 rings (SSSR count). The van der Waals surface area contributed by atoms with E-state index in [4.69, 9.17) is 11.6 Å².